The number of fused-ring (bicyclic) bond motifs is 1. The number of anilines is 1. The second-order valence-corrected chi connectivity index (χ2v) is 7.75. The third kappa shape index (κ3) is 3.92. The molecule has 166 valence electrons. The van der Waals surface area contributed by atoms with Gasteiger partial charge < -0.3 is 19.4 Å². The molecule has 4 heterocycles. The maximum Gasteiger partial charge on any atom is 0.332 e. The Morgan fingerprint density at radius 2 is 1.71 bits per heavy atom. The summed E-state index contributed by atoms with van der Waals surface area (Å²) in [5, 5.41) is 0.302. The Kier molecular flexibility index (Phi) is 5.77. The van der Waals surface area contributed by atoms with Crippen LogP contribution in [0, 0.1) is 0 Å². The molecule has 11 heteroatoms. The molecular weight excluding hydrogens is 404 g/mol. The third-order valence-electron chi connectivity index (χ3n) is 5.93. The molecule has 0 bridgehead atoms. The van der Waals surface area contributed by atoms with E-state index in [0.29, 0.717) is 63.6 Å². The van der Waals surface area contributed by atoms with E-state index in [1.54, 1.807) is 29.1 Å². The van der Waals surface area contributed by atoms with Crippen molar-refractivity contribution in [1.29, 1.82) is 0 Å². The summed E-state index contributed by atoms with van der Waals surface area (Å²) in [6, 6.07) is 1.74. The van der Waals surface area contributed by atoms with E-state index in [9.17, 15) is 19.2 Å². The van der Waals surface area contributed by atoms with E-state index in [-0.39, 0.29) is 24.0 Å². The number of amides is 2. The van der Waals surface area contributed by atoms with Gasteiger partial charge in [0.05, 0.1) is 18.9 Å². The van der Waals surface area contributed by atoms with Crippen LogP contribution in [0.5, 0.6) is 0 Å². The van der Waals surface area contributed by atoms with E-state index in [0.717, 1.165) is 4.57 Å². The van der Waals surface area contributed by atoms with Crippen LogP contribution in [0.4, 0.5) is 5.69 Å². The van der Waals surface area contributed by atoms with Crippen LogP contribution < -0.4 is 16.1 Å². The smallest absolute Gasteiger partial charge is 0.332 e. The Bertz CT molecular complexity index is 1130. The van der Waals surface area contributed by atoms with E-state index in [1.165, 1.54) is 11.5 Å². The lowest BCUT2D eigenvalue weighted by Crippen LogP contribution is -2.49. The lowest BCUT2D eigenvalue weighted by atomic mass is 10.2. The highest BCUT2D eigenvalue weighted by molar-refractivity contribution is 5.89. The molecule has 2 aliphatic rings. The van der Waals surface area contributed by atoms with Crippen LogP contribution >= 0.6 is 0 Å². The van der Waals surface area contributed by atoms with Crippen LogP contribution in [0.3, 0.4) is 0 Å². The summed E-state index contributed by atoms with van der Waals surface area (Å²) in [5.74, 6) is -0.270. The number of hydrogen-bond acceptors (Lipinski definition) is 7. The molecule has 2 aromatic heterocycles. The molecule has 0 radical (unpaired) electrons. The number of nitrogens with zero attached hydrogens (tertiary/aromatic N) is 6. The predicted octanol–water partition coefficient (Wildman–Crippen LogP) is -1.38. The molecule has 2 aliphatic heterocycles. The first-order valence-electron chi connectivity index (χ1n) is 10.3. The molecule has 2 amide bonds. The third-order valence-corrected chi connectivity index (χ3v) is 5.93. The minimum Gasteiger partial charge on any atom is -0.378 e. The summed E-state index contributed by atoms with van der Waals surface area (Å²) in [5.41, 5.74) is -0.181. The highest BCUT2D eigenvalue weighted by atomic mass is 16.5. The Morgan fingerprint density at radius 1 is 1.03 bits per heavy atom. The number of carbonyl (C=O) groups is 2. The molecule has 0 N–H and O–H groups in total. The van der Waals surface area contributed by atoms with Crippen LogP contribution in [0.2, 0.25) is 0 Å². The highest BCUT2D eigenvalue weighted by Crippen LogP contribution is 2.23. The van der Waals surface area contributed by atoms with Gasteiger partial charge in [0.2, 0.25) is 11.8 Å². The fourth-order valence-electron chi connectivity index (χ4n) is 4.11. The number of rotatable bonds is 3. The maximum absolute atomic E-state index is 13.4. The van der Waals surface area contributed by atoms with Gasteiger partial charge in [0.15, 0.2) is 5.65 Å². The Morgan fingerprint density at radius 3 is 2.35 bits per heavy atom. The normalized spacial score (nSPS) is 17.3. The Balaban J connectivity index is 1.73. The van der Waals surface area contributed by atoms with E-state index in [1.807, 2.05) is 4.90 Å². The van der Waals surface area contributed by atoms with Crippen molar-refractivity contribution < 1.29 is 14.3 Å². The zero-order chi connectivity index (χ0) is 22.1. The first-order chi connectivity index (χ1) is 14.9. The van der Waals surface area contributed by atoms with Crippen molar-refractivity contribution in [2.75, 3.05) is 57.4 Å². The van der Waals surface area contributed by atoms with Crippen LogP contribution in [-0.4, -0.2) is 88.2 Å². The molecule has 2 aromatic rings. The molecule has 0 atom stereocenters. The second-order valence-electron chi connectivity index (χ2n) is 7.75. The number of pyridine rings is 1. The molecule has 11 nitrogen and oxygen atoms in total. The molecule has 31 heavy (non-hydrogen) atoms. The van der Waals surface area contributed by atoms with Crippen molar-refractivity contribution >= 4 is 28.5 Å². The van der Waals surface area contributed by atoms with Crippen molar-refractivity contribution in [3.8, 4) is 0 Å². The van der Waals surface area contributed by atoms with Crippen LogP contribution in [0.1, 0.15) is 6.92 Å². The van der Waals surface area contributed by atoms with Gasteiger partial charge in [-0.05, 0) is 6.07 Å². The zero-order valence-electron chi connectivity index (χ0n) is 17.7. The fourth-order valence-corrected chi connectivity index (χ4v) is 4.11. The molecule has 0 saturated carbocycles. The molecule has 0 aromatic carbocycles. The first kappa shape index (κ1) is 21.0. The van der Waals surface area contributed by atoms with E-state index in [4.69, 9.17) is 4.74 Å². The summed E-state index contributed by atoms with van der Waals surface area (Å²) in [6.07, 6.45) is 1.57. The van der Waals surface area contributed by atoms with Gasteiger partial charge in [0.1, 0.15) is 11.9 Å². The van der Waals surface area contributed by atoms with Gasteiger partial charge in [-0.15, -0.1) is 0 Å². The van der Waals surface area contributed by atoms with Crippen LogP contribution in [0.25, 0.3) is 11.0 Å². The van der Waals surface area contributed by atoms with Crippen molar-refractivity contribution in [3.05, 3.63) is 33.1 Å². The minimum absolute atomic E-state index is 0.0191. The zero-order valence-corrected chi connectivity index (χ0v) is 17.7. The second kappa shape index (κ2) is 8.50. The van der Waals surface area contributed by atoms with Gasteiger partial charge in [-0.25, -0.2) is 9.78 Å². The summed E-state index contributed by atoms with van der Waals surface area (Å²) in [4.78, 5) is 60.2. The standard InChI is InChI=1S/C20H26N6O5/c1-14(27)23-5-7-24(8-6-23)15-3-4-21-18-17(15)19(29)26(20(30)22(18)2)13-16(28)25-9-11-31-12-10-25/h3-4H,5-13H2,1-2H3. The van der Waals surface area contributed by atoms with Gasteiger partial charge >= 0.3 is 5.69 Å². The van der Waals surface area contributed by atoms with Gasteiger partial charge in [-0.3, -0.25) is 23.5 Å². The number of piperazine rings is 1. The fraction of sp³-hybridized carbons (Fsp3) is 0.550. The van der Waals surface area contributed by atoms with Crippen molar-refractivity contribution in [2.45, 2.75) is 13.5 Å². The summed E-state index contributed by atoms with van der Waals surface area (Å²) in [7, 11) is 1.55. The maximum atomic E-state index is 13.4. The molecular formula is C20H26N6O5. The summed E-state index contributed by atoms with van der Waals surface area (Å²) < 4.78 is 7.55. The summed E-state index contributed by atoms with van der Waals surface area (Å²) in [6.45, 7) is 5.20. The topological polar surface area (TPSA) is 110 Å². The number of aromatic nitrogens is 3. The lowest BCUT2D eigenvalue weighted by molar-refractivity contribution is -0.136. The molecule has 0 unspecified atom stereocenters. The average Bonchev–Trinajstić information content (AvgIpc) is 2.80. The SMILES string of the molecule is CC(=O)N1CCN(c2ccnc3c2c(=O)n(CC(=O)N2CCOCC2)c(=O)n3C)CC1. The van der Waals surface area contributed by atoms with Crippen LogP contribution in [0.15, 0.2) is 21.9 Å². The number of aryl methyl sites for hydroxylation is 1. The Hall–Kier alpha value is -3.21. The van der Waals surface area contributed by atoms with Gasteiger partial charge in [-0.1, -0.05) is 0 Å². The Labute approximate surface area is 178 Å². The molecule has 0 aliphatic carbocycles. The van der Waals surface area contributed by atoms with Gasteiger partial charge in [-0.2, -0.15) is 0 Å². The van der Waals surface area contributed by atoms with Gasteiger partial charge in [0, 0.05) is 59.4 Å². The first-order valence-corrected chi connectivity index (χ1v) is 10.3. The number of carbonyl (C=O) groups excluding carboxylic acids is 2. The summed E-state index contributed by atoms with van der Waals surface area (Å²) >= 11 is 0. The van der Waals surface area contributed by atoms with Gasteiger partial charge in [0.25, 0.3) is 5.56 Å². The van der Waals surface area contributed by atoms with E-state index < -0.39 is 11.2 Å². The molecule has 4 rings (SSSR count). The largest absolute Gasteiger partial charge is 0.378 e. The quantitative estimate of drug-likeness (QED) is 0.590. The molecule has 0 spiro atoms. The van der Waals surface area contributed by atoms with Crippen molar-refractivity contribution in [3.63, 3.8) is 0 Å². The predicted molar refractivity (Wildman–Crippen MR) is 113 cm³/mol. The molecule has 2 saturated heterocycles. The number of ether oxygens (including phenoxy) is 1. The van der Waals surface area contributed by atoms with E-state index >= 15 is 0 Å². The molecule has 2 fully saturated rings. The number of morpholine rings is 1. The van der Waals surface area contributed by atoms with Crippen LogP contribution in [-0.2, 0) is 27.9 Å². The van der Waals surface area contributed by atoms with Crippen molar-refractivity contribution in [2.24, 2.45) is 7.05 Å². The van der Waals surface area contributed by atoms with Crippen molar-refractivity contribution in [1.82, 2.24) is 23.9 Å². The lowest BCUT2D eigenvalue weighted by Gasteiger charge is -2.36. The highest BCUT2D eigenvalue weighted by Gasteiger charge is 2.25. The average molecular weight is 430 g/mol. The van der Waals surface area contributed by atoms with E-state index in [2.05, 4.69) is 4.98 Å². The number of hydrogen-bond donors (Lipinski definition) is 0. The minimum atomic E-state index is -0.579. The monoisotopic (exact) mass is 430 g/mol.